The number of phenolic OH excluding ortho intramolecular Hbond substituents is 1. The van der Waals surface area contributed by atoms with Crippen LogP contribution in [0.5, 0.6) is 5.75 Å². The Hall–Kier alpha value is -2.74. The topological polar surface area (TPSA) is 32.6 Å². The number of aliphatic imine (C=N–C) groups is 1. The molecule has 0 aliphatic rings. The van der Waals surface area contributed by atoms with Crippen LogP contribution in [0.15, 0.2) is 83.9 Å². The van der Waals surface area contributed by atoms with E-state index in [-0.39, 0.29) is 11.7 Å². The molecule has 1 N–H and O–H groups in total. The standard InChI is InChI=1S/C21H17NOS/c23-20-12-10-19(11-13-20)21(14-22-15-24)18-8-6-17(7-9-18)16-4-2-1-3-5-16/h1-13,21,23H,14H2. The third kappa shape index (κ3) is 3.77. The van der Waals surface area contributed by atoms with Gasteiger partial charge in [-0.05, 0) is 46.6 Å². The van der Waals surface area contributed by atoms with Crippen LogP contribution < -0.4 is 0 Å². The van der Waals surface area contributed by atoms with Crippen molar-refractivity contribution < 1.29 is 5.11 Å². The maximum Gasteiger partial charge on any atom is 0.115 e. The molecule has 3 aromatic carbocycles. The lowest BCUT2D eigenvalue weighted by Gasteiger charge is -2.16. The van der Waals surface area contributed by atoms with E-state index in [1.54, 1.807) is 12.1 Å². The van der Waals surface area contributed by atoms with Crippen LogP contribution in [-0.2, 0) is 0 Å². The lowest BCUT2D eigenvalue weighted by Crippen LogP contribution is -2.04. The largest absolute Gasteiger partial charge is 0.508 e. The normalized spacial score (nSPS) is 11.5. The molecular formula is C21H17NOS. The monoisotopic (exact) mass is 331 g/mol. The van der Waals surface area contributed by atoms with E-state index in [0.717, 1.165) is 11.1 Å². The van der Waals surface area contributed by atoms with Gasteiger partial charge >= 0.3 is 0 Å². The fourth-order valence-corrected chi connectivity index (χ4v) is 2.85. The number of hydrogen-bond donors (Lipinski definition) is 1. The number of benzene rings is 3. The number of isothiocyanates is 1. The summed E-state index contributed by atoms with van der Waals surface area (Å²) in [5.74, 6) is 0.348. The highest BCUT2D eigenvalue weighted by atomic mass is 32.1. The molecule has 0 aliphatic carbocycles. The van der Waals surface area contributed by atoms with Crippen molar-refractivity contribution in [3.8, 4) is 16.9 Å². The molecule has 0 bridgehead atoms. The molecule has 0 aromatic heterocycles. The quantitative estimate of drug-likeness (QED) is 0.509. The van der Waals surface area contributed by atoms with Crippen LogP contribution in [0.2, 0.25) is 0 Å². The van der Waals surface area contributed by atoms with Crippen molar-refractivity contribution in [3.05, 3.63) is 90.0 Å². The molecule has 0 heterocycles. The molecule has 3 aromatic rings. The fraction of sp³-hybridized carbons (Fsp3) is 0.0952. The number of rotatable bonds is 5. The van der Waals surface area contributed by atoms with Crippen LogP contribution in [0.4, 0.5) is 0 Å². The Bertz CT molecular complexity index is 835. The van der Waals surface area contributed by atoms with Gasteiger partial charge in [0.1, 0.15) is 5.75 Å². The van der Waals surface area contributed by atoms with Gasteiger partial charge in [0.2, 0.25) is 0 Å². The zero-order valence-electron chi connectivity index (χ0n) is 13.1. The SMILES string of the molecule is Oc1ccc(C(CN=C=S)c2ccc(-c3ccccc3)cc2)cc1. The summed E-state index contributed by atoms with van der Waals surface area (Å²) in [6, 6.07) is 26.0. The third-order valence-corrected chi connectivity index (χ3v) is 4.18. The number of nitrogens with zero attached hydrogens (tertiary/aromatic N) is 1. The lowest BCUT2D eigenvalue weighted by atomic mass is 9.90. The number of hydrogen-bond acceptors (Lipinski definition) is 3. The lowest BCUT2D eigenvalue weighted by molar-refractivity contribution is 0.475. The molecule has 3 rings (SSSR count). The predicted molar refractivity (Wildman–Crippen MR) is 102 cm³/mol. The minimum Gasteiger partial charge on any atom is -0.508 e. The zero-order valence-corrected chi connectivity index (χ0v) is 13.9. The van der Waals surface area contributed by atoms with E-state index in [1.165, 1.54) is 11.1 Å². The molecule has 0 saturated heterocycles. The molecule has 0 radical (unpaired) electrons. The second-order valence-electron chi connectivity index (χ2n) is 5.56. The number of aromatic hydroxyl groups is 1. The molecule has 3 heteroatoms. The fourth-order valence-electron chi connectivity index (χ4n) is 2.78. The maximum absolute atomic E-state index is 9.50. The van der Waals surface area contributed by atoms with Crippen LogP contribution in [0, 0.1) is 0 Å². The Morgan fingerprint density at radius 1 is 0.792 bits per heavy atom. The van der Waals surface area contributed by atoms with E-state index < -0.39 is 0 Å². The Morgan fingerprint density at radius 2 is 1.33 bits per heavy atom. The van der Waals surface area contributed by atoms with Gasteiger partial charge in [0.25, 0.3) is 0 Å². The van der Waals surface area contributed by atoms with Crippen LogP contribution in [0.3, 0.4) is 0 Å². The minimum absolute atomic E-state index is 0.0888. The van der Waals surface area contributed by atoms with Crippen LogP contribution in [-0.4, -0.2) is 16.8 Å². The van der Waals surface area contributed by atoms with E-state index >= 15 is 0 Å². The Kier molecular flexibility index (Phi) is 5.17. The van der Waals surface area contributed by atoms with E-state index in [4.69, 9.17) is 12.2 Å². The van der Waals surface area contributed by atoms with E-state index in [2.05, 4.69) is 46.6 Å². The van der Waals surface area contributed by atoms with Gasteiger partial charge in [-0.15, -0.1) is 0 Å². The molecule has 0 aliphatic heterocycles. The molecule has 0 amide bonds. The van der Waals surface area contributed by atoms with Crippen molar-refractivity contribution in [3.63, 3.8) is 0 Å². The van der Waals surface area contributed by atoms with E-state index in [1.807, 2.05) is 30.3 Å². The highest BCUT2D eigenvalue weighted by Crippen LogP contribution is 2.28. The van der Waals surface area contributed by atoms with Crippen LogP contribution in [0.1, 0.15) is 17.0 Å². The van der Waals surface area contributed by atoms with Gasteiger partial charge in [-0.3, -0.25) is 0 Å². The average molecular weight is 331 g/mol. The molecule has 24 heavy (non-hydrogen) atoms. The number of thiocarbonyl (C=S) groups is 1. The predicted octanol–water partition coefficient (Wildman–Crippen LogP) is 5.29. The highest BCUT2D eigenvalue weighted by Gasteiger charge is 2.14. The van der Waals surface area contributed by atoms with Gasteiger partial charge in [-0.1, -0.05) is 66.7 Å². The summed E-state index contributed by atoms with van der Waals surface area (Å²) in [5.41, 5.74) is 4.63. The number of phenols is 1. The van der Waals surface area contributed by atoms with Crippen LogP contribution >= 0.6 is 12.2 Å². The molecule has 118 valence electrons. The minimum atomic E-state index is 0.0888. The van der Waals surface area contributed by atoms with Gasteiger partial charge < -0.3 is 5.11 Å². The van der Waals surface area contributed by atoms with Gasteiger partial charge in [0.05, 0.1) is 11.7 Å². The molecule has 0 saturated carbocycles. The van der Waals surface area contributed by atoms with E-state index in [9.17, 15) is 5.11 Å². The van der Waals surface area contributed by atoms with Crippen molar-refractivity contribution >= 4 is 17.4 Å². The first-order valence-corrected chi connectivity index (χ1v) is 8.16. The summed E-state index contributed by atoms with van der Waals surface area (Å²) in [4.78, 5) is 4.13. The molecule has 2 nitrogen and oxygen atoms in total. The molecule has 1 unspecified atom stereocenters. The first-order chi connectivity index (χ1) is 11.8. The molecule has 0 fully saturated rings. The van der Waals surface area contributed by atoms with E-state index in [0.29, 0.717) is 6.54 Å². The summed E-state index contributed by atoms with van der Waals surface area (Å²) in [5, 5.41) is 11.9. The van der Waals surface area contributed by atoms with Crippen molar-refractivity contribution in [2.45, 2.75) is 5.92 Å². The Balaban J connectivity index is 1.93. The molecule has 0 spiro atoms. The summed E-state index contributed by atoms with van der Waals surface area (Å²) >= 11 is 4.72. The van der Waals surface area contributed by atoms with Crippen LogP contribution in [0.25, 0.3) is 11.1 Å². The summed E-state index contributed by atoms with van der Waals surface area (Å²) in [6.07, 6.45) is 0. The van der Waals surface area contributed by atoms with Crippen molar-refractivity contribution in [1.82, 2.24) is 0 Å². The average Bonchev–Trinajstić information content (AvgIpc) is 2.65. The first-order valence-electron chi connectivity index (χ1n) is 7.76. The summed E-state index contributed by atoms with van der Waals surface area (Å²) < 4.78 is 0. The van der Waals surface area contributed by atoms with Crippen molar-refractivity contribution in [2.75, 3.05) is 6.54 Å². The zero-order chi connectivity index (χ0) is 16.8. The highest BCUT2D eigenvalue weighted by molar-refractivity contribution is 7.78. The van der Waals surface area contributed by atoms with Crippen molar-refractivity contribution in [2.24, 2.45) is 4.99 Å². The maximum atomic E-state index is 9.50. The summed E-state index contributed by atoms with van der Waals surface area (Å²) in [6.45, 7) is 0.541. The van der Waals surface area contributed by atoms with Gasteiger partial charge in [-0.2, -0.15) is 0 Å². The summed E-state index contributed by atoms with van der Waals surface area (Å²) in [7, 11) is 0. The Labute approximate surface area is 147 Å². The third-order valence-electron chi connectivity index (χ3n) is 4.05. The van der Waals surface area contributed by atoms with Gasteiger partial charge in [0.15, 0.2) is 0 Å². The first kappa shape index (κ1) is 16.1. The molecule has 1 atom stereocenters. The second-order valence-corrected chi connectivity index (χ2v) is 5.75. The van der Waals surface area contributed by atoms with Crippen molar-refractivity contribution in [1.29, 1.82) is 0 Å². The van der Waals surface area contributed by atoms with Gasteiger partial charge in [0, 0.05) is 5.92 Å². The molecular weight excluding hydrogens is 314 g/mol. The Morgan fingerprint density at radius 3 is 1.92 bits per heavy atom. The van der Waals surface area contributed by atoms with Gasteiger partial charge in [-0.25, -0.2) is 4.99 Å². The smallest absolute Gasteiger partial charge is 0.115 e. The second kappa shape index (κ2) is 7.69.